The fourth-order valence-corrected chi connectivity index (χ4v) is 4.05. The van der Waals surface area contributed by atoms with Crippen LogP contribution in [-0.4, -0.2) is 69.2 Å². The molecule has 2 aromatic heterocycles. The van der Waals surface area contributed by atoms with Crippen LogP contribution in [0.4, 0.5) is 13.2 Å². The number of imidazole rings is 1. The summed E-state index contributed by atoms with van der Waals surface area (Å²) in [6, 6.07) is 8.35. The van der Waals surface area contributed by atoms with Crippen LogP contribution < -0.4 is 14.8 Å². The number of aryl methyl sites for hydroxylation is 1. The predicted octanol–water partition coefficient (Wildman–Crippen LogP) is 2.85. The number of alkyl halides is 3. The Morgan fingerprint density at radius 3 is 2.61 bits per heavy atom. The van der Waals surface area contributed by atoms with Gasteiger partial charge >= 0.3 is 6.36 Å². The number of aliphatic hydroxyl groups excluding tert-OH is 1. The molecule has 0 aliphatic carbocycles. The van der Waals surface area contributed by atoms with Gasteiger partial charge in [0.05, 0.1) is 31.3 Å². The number of methoxy groups -OCH3 is 1. The molecule has 1 aromatic carbocycles. The smallest absolute Gasteiger partial charge is 0.479 e. The second kappa shape index (κ2) is 10.5. The van der Waals surface area contributed by atoms with Crippen LogP contribution in [0.25, 0.3) is 5.69 Å². The predicted molar refractivity (Wildman–Crippen MR) is 123 cm³/mol. The van der Waals surface area contributed by atoms with Crippen molar-refractivity contribution < 1.29 is 32.5 Å². The highest BCUT2D eigenvalue weighted by molar-refractivity contribution is 5.93. The first-order chi connectivity index (χ1) is 17.1. The van der Waals surface area contributed by atoms with Crippen LogP contribution in [0.15, 0.2) is 48.9 Å². The van der Waals surface area contributed by atoms with E-state index in [1.165, 1.54) is 19.2 Å². The Morgan fingerprint density at radius 2 is 1.97 bits per heavy atom. The third-order valence-corrected chi connectivity index (χ3v) is 5.80. The van der Waals surface area contributed by atoms with Gasteiger partial charge in [0.2, 0.25) is 5.88 Å². The van der Waals surface area contributed by atoms with Gasteiger partial charge in [0.15, 0.2) is 0 Å². The first-order valence-electron chi connectivity index (χ1n) is 11.2. The molecule has 12 heteroatoms. The van der Waals surface area contributed by atoms with Gasteiger partial charge < -0.3 is 24.5 Å². The Bertz CT molecular complexity index is 1200. The molecule has 1 aliphatic rings. The van der Waals surface area contributed by atoms with Crippen LogP contribution in [0.5, 0.6) is 11.6 Å². The van der Waals surface area contributed by atoms with Crippen molar-refractivity contribution in [3.05, 3.63) is 65.9 Å². The van der Waals surface area contributed by atoms with Gasteiger partial charge in [-0.05, 0) is 43.2 Å². The lowest BCUT2D eigenvalue weighted by atomic mass is 10.0. The molecule has 2 atom stereocenters. The summed E-state index contributed by atoms with van der Waals surface area (Å²) in [5.74, 6) is -0.493. The number of hydrogen-bond acceptors (Lipinski definition) is 7. The summed E-state index contributed by atoms with van der Waals surface area (Å²) in [7, 11) is 1.46. The van der Waals surface area contributed by atoms with Crippen molar-refractivity contribution in [3.63, 3.8) is 0 Å². The molecule has 192 valence electrons. The molecule has 0 radical (unpaired) electrons. The molecular formula is C24H26F3N5O4. The van der Waals surface area contributed by atoms with Gasteiger partial charge in [0.25, 0.3) is 5.91 Å². The summed E-state index contributed by atoms with van der Waals surface area (Å²) in [6.07, 6.45) is -1.63. The Morgan fingerprint density at radius 1 is 1.22 bits per heavy atom. The van der Waals surface area contributed by atoms with E-state index in [-0.39, 0.29) is 17.3 Å². The lowest BCUT2D eigenvalue weighted by molar-refractivity contribution is -0.274. The van der Waals surface area contributed by atoms with E-state index in [2.05, 4.69) is 20.0 Å². The molecule has 2 N–H and O–H groups in total. The minimum Gasteiger partial charge on any atom is -0.479 e. The fourth-order valence-electron chi connectivity index (χ4n) is 4.05. The molecule has 0 saturated carbocycles. The van der Waals surface area contributed by atoms with Gasteiger partial charge in [0, 0.05) is 25.8 Å². The molecule has 4 rings (SSSR count). The number of piperidine rings is 1. The number of nitrogens with one attached hydrogen (secondary N) is 1. The minimum absolute atomic E-state index is 0.136. The number of ether oxygens (including phenoxy) is 2. The third-order valence-electron chi connectivity index (χ3n) is 5.80. The van der Waals surface area contributed by atoms with E-state index in [1.807, 2.05) is 18.0 Å². The minimum atomic E-state index is -4.74. The molecule has 1 fully saturated rings. The number of rotatable bonds is 7. The highest BCUT2D eigenvalue weighted by atomic mass is 19.4. The molecule has 1 amide bonds. The molecule has 9 nitrogen and oxygen atoms in total. The number of carbonyl (C=O) groups excluding carboxylic acids is 1. The van der Waals surface area contributed by atoms with Crippen LogP contribution in [0.1, 0.15) is 28.2 Å². The van der Waals surface area contributed by atoms with Gasteiger partial charge in [-0.15, -0.1) is 13.2 Å². The number of likely N-dealkylation sites (tertiary alicyclic amines) is 1. The second-order valence-electron chi connectivity index (χ2n) is 8.51. The summed E-state index contributed by atoms with van der Waals surface area (Å²) in [5, 5.41) is 13.3. The number of aromatic nitrogens is 3. The number of aliphatic hydroxyl groups is 1. The van der Waals surface area contributed by atoms with Crippen LogP contribution >= 0.6 is 0 Å². The quantitative estimate of drug-likeness (QED) is 0.509. The highest BCUT2D eigenvalue weighted by Crippen LogP contribution is 2.24. The van der Waals surface area contributed by atoms with Crippen LogP contribution in [0.3, 0.4) is 0 Å². The Hall–Kier alpha value is -3.64. The van der Waals surface area contributed by atoms with E-state index < -0.39 is 24.4 Å². The molecule has 0 bridgehead atoms. The molecule has 3 heterocycles. The molecule has 36 heavy (non-hydrogen) atoms. The standard InChI is InChI=1S/C24H26F3N5O4/c1-15-11-32(14-28-15)20-8-7-18(30-23(20)35-2)22(34)29-19-13-31(10-9-21(19)33)12-16-3-5-17(6-4-16)36-24(25,26)27/h3-8,11,14,19,21,33H,9-10,12-13H2,1-2H3,(H,29,34). The van der Waals surface area contributed by atoms with Gasteiger partial charge in [-0.25, -0.2) is 9.97 Å². The van der Waals surface area contributed by atoms with Crippen molar-refractivity contribution in [3.8, 4) is 17.3 Å². The average molecular weight is 505 g/mol. The maximum absolute atomic E-state index is 12.9. The lowest BCUT2D eigenvalue weighted by Crippen LogP contribution is -2.54. The zero-order chi connectivity index (χ0) is 25.9. The second-order valence-corrected chi connectivity index (χ2v) is 8.51. The summed E-state index contributed by atoms with van der Waals surface area (Å²) in [4.78, 5) is 23.4. The Balaban J connectivity index is 1.39. The Kier molecular flexibility index (Phi) is 7.45. The van der Waals surface area contributed by atoms with E-state index in [4.69, 9.17) is 4.74 Å². The monoisotopic (exact) mass is 505 g/mol. The zero-order valence-electron chi connectivity index (χ0n) is 19.7. The zero-order valence-corrected chi connectivity index (χ0v) is 19.7. The van der Waals surface area contributed by atoms with Gasteiger partial charge in [0.1, 0.15) is 17.1 Å². The van der Waals surface area contributed by atoms with Crippen LogP contribution in [0, 0.1) is 6.92 Å². The van der Waals surface area contributed by atoms with Crippen molar-refractivity contribution in [2.45, 2.75) is 38.4 Å². The molecular weight excluding hydrogens is 479 g/mol. The number of pyridine rings is 1. The SMILES string of the molecule is COc1nc(C(=O)NC2CN(Cc3ccc(OC(F)(F)F)cc3)CCC2O)ccc1-n1cnc(C)c1. The summed E-state index contributed by atoms with van der Waals surface area (Å²) >= 11 is 0. The number of benzene rings is 1. The van der Waals surface area contributed by atoms with Gasteiger partial charge in [-0.1, -0.05) is 12.1 Å². The van der Waals surface area contributed by atoms with E-state index >= 15 is 0 Å². The van der Waals surface area contributed by atoms with Crippen LogP contribution in [-0.2, 0) is 6.54 Å². The van der Waals surface area contributed by atoms with Crippen molar-refractivity contribution >= 4 is 5.91 Å². The largest absolute Gasteiger partial charge is 0.573 e. The van der Waals surface area contributed by atoms with E-state index in [1.54, 1.807) is 35.2 Å². The fraction of sp³-hybridized carbons (Fsp3) is 0.375. The molecule has 0 spiro atoms. The van der Waals surface area contributed by atoms with Gasteiger partial charge in [-0.2, -0.15) is 0 Å². The summed E-state index contributed by atoms with van der Waals surface area (Å²) in [5.41, 5.74) is 2.37. The first kappa shape index (κ1) is 25.5. The summed E-state index contributed by atoms with van der Waals surface area (Å²) < 4.78 is 48.1. The maximum atomic E-state index is 12.9. The molecule has 1 saturated heterocycles. The Labute approximate surface area is 205 Å². The average Bonchev–Trinajstić information content (AvgIpc) is 3.27. The number of hydrogen-bond donors (Lipinski definition) is 2. The number of carbonyl (C=O) groups is 1. The number of halogens is 3. The normalized spacial score (nSPS) is 18.6. The first-order valence-corrected chi connectivity index (χ1v) is 11.2. The number of nitrogens with zero attached hydrogens (tertiary/aromatic N) is 4. The topological polar surface area (TPSA) is 102 Å². The van der Waals surface area contributed by atoms with E-state index in [0.717, 1.165) is 11.3 Å². The third kappa shape index (κ3) is 6.32. The van der Waals surface area contributed by atoms with Crippen molar-refractivity contribution in [2.24, 2.45) is 0 Å². The van der Waals surface area contributed by atoms with Crippen molar-refractivity contribution in [1.29, 1.82) is 0 Å². The number of amides is 1. The maximum Gasteiger partial charge on any atom is 0.573 e. The lowest BCUT2D eigenvalue weighted by Gasteiger charge is -2.36. The molecule has 3 aromatic rings. The highest BCUT2D eigenvalue weighted by Gasteiger charge is 2.32. The van der Waals surface area contributed by atoms with Crippen LogP contribution in [0.2, 0.25) is 0 Å². The van der Waals surface area contributed by atoms with Crippen molar-refractivity contribution in [2.75, 3.05) is 20.2 Å². The molecule has 2 unspecified atom stereocenters. The molecule has 1 aliphatic heterocycles. The van der Waals surface area contributed by atoms with E-state index in [9.17, 15) is 23.1 Å². The van der Waals surface area contributed by atoms with Crippen molar-refractivity contribution in [1.82, 2.24) is 24.8 Å². The van der Waals surface area contributed by atoms with Gasteiger partial charge in [-0.3, -0.25) is 9.69 Å². The van der Waals surface area contributed by atoms with E-state index in [0.29, 0.717) is 31.7 Å². The summed E-state index contributed by atoms with van der Waals surface area (Å²) in [6.45, 7) is 3.22.